The first kappa shape index (κ1) is 18.9. The molecule has 0 saturated carbocycles. The fourth-order valence-corrected chi connectivity index (χ4v) is 2.74. The smallest absolute Gasteiger partial charge is 0.326 e. The number of amides is 1. The molecule has 0 saturated heterocycles. The molecule has 0 aliphatic carbocycles. The zero-order valence-electron chi connectivity index (χ0n) is 12.8. The Bertz CT molecular complexity index is 880. The van der Waals surface area contributed by atoms with E-state index in [4.69, 9.17) is 16.7 Å². The number of nitrogens with one attached hydrogen (secondary N) is 1. The predicted octanol–water partition coefficient (Wildman–Crippen LogP) is 1.41. The Kier molecular flexibility index (Phi) is 5.78. The standard InChI is InChI=1S/C16H15ClN2O5S/c17-12-5-1-10(2-6-12)9-14(16(21)22)19-15(20)11-3-7-13(8-4-11)25(18,23)24/h1-8,14H,9H2,(H,19,20)(H,21,22)(H2,18,23,24). The molecule has 7 nitrogen and oxygen atoms in total. The molecule has 0 heterocycles. The normalized spacial score (nSPS) is 12.4. The second kappa shape index (κ2) is 7.64. The molecular formula is C16H15ClN2O5S. The Hall–Kier alpha value is -2.42. The van der Waals surface area contributed by atoms with Crippen LogP contribution in [0, 0.1) is 0 Å². The van der Waals surface area contributed by atoms with Crippen LogP contribution in [0.4, 0.5) is 0 Å². The second-order valence-electron chi connectivity index (χ2n) is 5.26. The summed E-state index contributed by atoms with van der Waals surface area (Å²) in [5, 5.41) is 17.2. The van der Waals surface area contributed by atoms with Crippen LogP contribution >= 0.6 is 11.6 Å². The molecule has 1 amide bonds. The number of aliphatic carboxylic acids is 1. The maximum Gasteiger partial charge on any atom is 0.326 e. The SMILES string of the molecule is NS(=O)(=O)c1ccc(C(=O)NC(Cc2ccc(Cl)cc2)C(=O)O)cc1. The summed E-state index contributed by atoms with van der Waals surface area (Å²) in [4.78, 5) is 23.4. The number of rotatable bonds is 6. The minimum atomic E-state index is -3.86. The molecule has 9 heteroatoms. The van der Waals surface area contributed by atoms with Crippen molar-refractivity contribution in [1.82, 2.24) is 5.32 Å². The number of carbonyl (C=O) groups is 2. The number of carbonyl (C=O) groups excluding carboxylic acids is 1. The summed E-state index contributed by atoms with van der Waals surface area (Å²) in [7, 11) is -3.86. The van der Waals surface area contributed by atoms with E-state index in [1.54, 1.807) is 24.3 Å². The lowest BCUT2D eigenvalue weighted by Crippen LogP contribution is -2.42. The third-order valence-electron chi connectivity index (χ3n) is 3.40. The topological polar surface area (TPSA) is 127 Å². The maximum absolute atomic E-state index is 12.2. The summed E-state index contributed by atoms with van der Waals surface area (Å²) in [6.07, 6.45) is 0.0769. The molecule has 25 heavy (non-hydrogen) atoms. The molecule has 4 N–H and O–H groups in total. The number of nitrogens with two attached hydrogens (primary N) is 1. The van der Waals surface area contributed by atoms with Gasteiger partial charge in [0.15, 0.2) is 0 Å². The minimum Gasteiger partial charge on any atom is -0.480 e. The minimum absolute atomic E-state index is 0.0769. The van der Waals surface area contributed by atoms with Gasteiger partial charge in [-0.3, -0.25) is 4.79 Å². The number of primary sulfonamides is 1. The Morgan fingerprint density at radius 3 is 2.12 bits per heavy atom. The third kappa shape index (κ3) is 5.28. The van der Waals surface area contributed by atoms with Crippen molar-refractivity contribution in [3.8, 4) is 0 Å². The number of benzene rings is 2. The van der Waals surface area contributed by atoms with E-state index in [0.717, 1.165) is 0 Å². The van der Waals surface area contributed by atoms with E-state index in [9.17, 15) is 23.1 Å². The van der Waals surface area contributed by atoms with Gasteiger partial charge in [0.25, 0.3) is 5.91 Å². The lowest BCUT2D eigenvalue weighted by atomic mass is 10.1. The quantitative estimate of drug-likeness (QED) is 0.696. The van der Waals surface area contributed by atoms with Crippen molar-refractivity contribution in [2.24, 2.45) is 5.14 Å². The largest absolute Gasteiger partial charge is 0.480 e. The monoisotopic (exact) mass is 382 g/mol. The molecule has 0 aromatic heterocycles. The molecule has 0 aliphatic rings. The van der Waals surface area contributed by atoms with Gasteiger partial charge in [-0.15, -0.1) is 0 Å². The average molecular weight is 383 g/mol. The molecule has 2 rings (SSSR count). The van der Waals surface area contributed by atoms with E-state index in [1.165, 1.54) is 24.3 Å². The van der Waals surface area contributed by atoms with Gasteiger partial charge in [0.05, 0.1) is 4.90 Å². The van der Waals surface area contributed by atoms with E-state index in [0.29, 0.717) is 10.6 Å². The molecule has 2 aromatic rings. The number of sulfonamides is 1. The van der Waals surface area contributed by atoms with Crippen LogP contribution in [0.3, 0.4) is 0 Å². The summed E-state index contributed by atoms with van der Waals surface area (Å²) < 4.78 is 22.4. The Labute approximate surface area is 149 Å². The zero-order chi connectivity index (χ0) is 18.6. The van der Waals surface area contributed by atoms with Crippen LogP contribution in [-0.2, 0) is 21.2 Å². The first-order valence-electron chi connectivity index (χ1n) is 7.08. The number of carboxylic acid groups (broad SMARTS) is 1. The molecule has 0 fully saturated rings. The highest BCUT2D eigenvalue weighted by atomic mass is 35.5. The first-order chi connectivity index (χ1) is 11.7. The van der Waals surface area contributed by atoms with Crippen LogP contribution in [0.15, 0.2) is 53.4 Å². The van der Waals surface area contributed by atoms with Crippen molar-refractivity contribution >= 4 is 33.5 Å². The zero-order valence-corrected chi connectivity index (χ0v) is 14.4. The molecule has 1 atom stereocenters. The van der Waals surface area contributed by atoms with Crippen LogP contribution in [0.25, 0.3) is 0 Å². The van der Waals surface area contributed by atoms with Crippen molar-refractivity contribution in [2.75, 3.05) is 0 Å². The Balaban J connectivity index is 2.12. The van der Waals surface area contributed by atoms with Crippen molar-refractivity contribution < 1.29 is 23.1 Å². The second-order valence-corrected chi connectivity index (χ2v) is 7.26. The van der Waals surface area contributed by atoms with Crippen LogP contribution in [-0.4, -0.2) is 31.4 Å². The van der Waals surface area contributed by atoms with Gasteiger partial charge in [-0.1, -0.05) is 23.7 Å². The maximum atomic E-state index is 12.2. The molecular weight excluding hydrogens is 368 g/mol. The molecule has 0 spiro atoms. The van der Waals surface area contributed by atoms with Crippen molar-refractivity contribution in [3.05, 3.63) is 64.7 Å². The summed E-state index contributed by atoms with van der Waals surface area (Å²) in [5.74, 6) is -1.83. The van der Waals surface area contributed by atoms with E-state index in [1.807, 2.05) is 0 Å². The van der Waals surface area contributed by atoms with Gasteiger partial charge >= 0.3 is 5.97 Å². The predicted molar refractivity (Wildman–Crippen MR) is 91.9 cm³/mol. The molecule has 2 aromatic carbocycles. The van der Waals surface area contributed by atoms with Crippen LogP contribution in [0.1, 0.15) is 15.9 Å². The van der Waals surface area contributed by atoms with Crippen LogP contribution in [0.2, 0.25) is 5.02 Å². The number of carboxylic acids is 1. The van der Waals surface area contributed by atoms with Gasteiger partial charge in [-0.05, 0) is 42.0 Å². The highest BCUT2D eigenvalue weighted by molar-refractivity contribution is 7.89. The van der Waals surface area contributed by atoms with Crippen LogP contribution in [0.5, 0.6) is 0 Å². The van der Waals surface area contributed by atoms with Gasteiger partial charge in [-0.25, -0.2) is 18.4 Å². The molecule has 0 bridgehead atoms. The number of hydrogen-bond donors (Lipinski definition) is 3. The van der Waals surface area contributed by atoms with E-state index in [-0.39, 0.29) is 16.9 Å². The summed E-state index contributed by atoms with van der Waals surface area (Å²) >= 11 is 5.78. The van der Waals surface area contributed by atoms with Crippen molar-refractivity contribution in [2.45, 2.75) is 17.4 Å². The Morgan fingerprint density at radius 2 is 1.64 bits per heavy atom. The van der Waals surface area contributed by atoms with E-state index in [2.05, 4.69) is 5.32 Å². The Morgan fingerprint density at radius 1 is 1.08 bits per heavy atom. The molecule has 1 unspecified atom stereocenters. The van der Waals surface area contributed by atoms with Crippen molar-refractivity contribution in [3.63, 3.8) is 0 Å². The van der Waals surface area contributed by atoms with Gasteiger partial charge in [0.1, 0.15) is 6.04 Å². The summed E-state index contributed by atoms with van der Waals surface area (Å²) in [6.45, 7) is 0. The molecule has 0 aliphatic heterocycles. The van der Waals surface area contributed by atoms with E-state index >= 15 is 0 Å². The van der Waals surface area contributed by atoms with Gasteiger partial charge in [-0.2, -0.15) is 0 Å². The lowest BCUT2D eigenvalue weighted by molar-refractivity contribution is -0.139. The molecule has 132 valence electrons. The van der Waals surface area contributed by atoms with Gasteiger partial charge < -0.3 is 10.4 Å². The van der Waals surface area contributed by atoms with Gasteiger partial charge in [0, 0.05) is 17.0 Å². The first-order valence-corrected chi connectivity index (χ1v) is 9.00. The lowest BCUT2D eigenvalue weighted by Gasteiger charge is -2.15. The summed E-state index contributed by atoms with van der Waals surface area (Å²) in [6, 6.07) is 10.3. The number of halogens is 1. The summed E-state index contributed by atoms with van der Waals surface area (Å²) in [5.41, 5.74) is 0.816. The fourth-order valence-electron chi connectivity index (χ4n) is 2.09. The fraction of sp³-hybridized carbons (Fsp3) is 0.125. The average Bonchev–Trinajstić information content (AvgIpc) is 2.55. The highest BCUT2D eigenvalue weighted by Crippen LogP contribution is 2.12. The van der Waals surface area contributed by atoms with Gasteiger partial charge in [0.2, 0.25) is 10.0 Å². The van der Waals surface area contributed by atoms with Crippen molar-refractivity contribution in [1.29, 1.82) is 0 Å². The highest BCUT2D eigenvalue weighted by Gasteiger charge is 2.21. The third-order valence-corrected chi connectivity index (χ3v) is 4.58. The number of hydrogen-bond acceptors (Lipinski definition) is 4. The van der Waals surface area contributed by atoms with Crippen LogP contribution < -0.4 is 10.5 Å². The van der Waals surface area contributed by atoms with E-state index < -0.39 is 27.9 Å². The molecule has 0 radical (unpaired) electrons.